The molecular weight excluding hydrogens is 312 g/mol. The van der Waals surface area contributed by atoms with E-state index in [1.165, 1.54) is 12.1 Å². The summed E-state index contributed by atoms with van der Waals surface area (Å²) in [7, 11) is 0. The van der Waals surface area contributed by atoms with Crippen LogP contribution in [0, 0.1) is 5.82 Å². The lowest BCUT2D eigenvalue weighted by Gasteiger charge is -2.14. The predicted octanol–water partition coefficient (Wildman–Crippen LogP) is 4.15. The van der Waals surface area contributed by atoms with Crippen molar-refractivity contribution in [1.82, 2.24) is 9.78 Å². The van der Waals surface area contributed by atoms with Gasteiger partial charge in [0, 0.05) is 19.0 Å². The number of halogens is 3. The Morgan fingerprint density at radius 2 is 2.05 bits per heavy atom. The lowest BCUT2D eigenvalue weighted by Crippen LogP contribution is -2.16. The topological polar surface area (TPSA) is 43.8 Å². The van der Waals surface area contributed by atoms with Gasteiger partial charge < -0.3 is 5.73 Å². The molecule has 0 spiro atoms. The van der Waals surface area contributed by atoms with E-state index in [1.54, 1.807) is 6.07 Å². The first-order valence-electron chi connectivity index (χ1n) is 6.92. The van der Waals surface area contributed by atoms with Crippen LogP contribution in [-0.4, -0.2) is 9.78 Å². The quantitative estimate of drug-likeness (QED) is 0.895. The molecule has 6 heteroatoms. The summed E-state index contributed by atoms with van der Waals surface area (Å²) in [6.45, 7) is 4.73. The Hall–Kier alpha value is -1.10. The summed E-state index contributed by atoms with van der Waals surface area (Å²) in [5.41, 5.74) is 8.62. The number of hydrogen-bond donors (Lipinski definition) is 1. The largest absolute Gasteiger partial charge is 0.324 e. The highest BCUT2D eigenvalue weighted by atomic mass is 35.5. The Morgan fingerprint density at radius 1 is 1.33 bits per heavy atom. The van der Waals surface area contributed by atoms with Crippen LogP contribution in [0.5, 0.6) is 0 Å². The number of hydrogen-bond acceptors (Lipinski definition) is 2. The summed E-state index contributed by atoms with van der Waals surface area (Å²) in [6.07, 6.45) is 1.27. The van der Waals surface area contributed by atoms with Crippen molar-refractivity contribution in [2.45, 2.75) is 39.3 Å². The minimum absolute atomic E-state index is 0.0934. The van der Waals surface area contributed by atoms with Crippen LogP contribution in [0.1, 0.15) is 36.8 Å². The summed E-state index contributed by atoms with van der Waals surface area (Å²) < 4.78 is 15.4. The SMILES string of the molecule is CCc1nn(CC)c(CC(N)c2ccc(Cl)c(F)c2)c1Cl. The van der Waals surface area contributed by atoms with Crippen LogP contribution in [0.4, 0.5) is 4.39 Å². The van der Waals surface area contributed by atoms with Gasteiger partial charge >= 0.3 is 0 Å². The van der Waals surface area contributed by atoms with Crippen molar-refractivity contribution >= 4 is 23.2 Å². The molecule has 2 aromatic rings. The molecule has 2 rings (SSSR count). The molecule has 0 aliphatic carbocycles. The van der Waals surface area contributed by atoms with Crippen molar-refractivity contribution < 1.29 is 4.39 Å². The lowest BCUT2D eigenvalue weighted by molar-refractivity contribution is 0.581. The average molecular weight is 330 g/mol. The molecule has 0 saturated heterocycles. The van der Waals surface area contributed by atoms with Crippen LogP contribution in [0.3, 0.4) is 0 Å². The summed E-state index contributed by atoms with van der Waals surface area (Å²) >= 11 is 12.1. The molecular formula is C15H18Cl2FN3. The molecule has 0 aliphatic heterocycles. The van der Waals surface area contributed by atoms with Crippen LogP contribution in [0.15, 0.2) is 18.2 Å². The van der Waals surface area contributed by atoms with Gasteiger partial charge in [-0.1, -0.05) is 36.2 Å². The first-order chi connectivity index (χ1) is 9.97. The highest BCUT2D eigenvalue weighted by molar-refractivity contribution is 6.32. The molecule has 2 N–H and O–H groups in total. The highest BCUT2D eigenvalue weighted by Gasteiger charge is 2.18. The Labute approximate surface area is 133 Å². The Morgan fingerprint density at radius 3 is 2.62 bits per heavy atom. The van der Waals surface area contributed by atoms with Gasteiger partial charge in [0.25, 0.3) is 0 Å². The number of benzene rings is 1. The summed E-state index contributed by atoms with van der Waals surface area (Å²) in [5.74, 6) is -0.464. The van der Waals surface area contributed by atoms with Crippen LogP contribution < -0.4 is 5.73 Å². The van der Waals surface area contributed by atoms with Gasteiger partial charge in [0.15, 0.2) is 0 Å². The monoisotopic (exact) mass is 329 g/mol. The molecule has 1 atom stereocenters. The van der Waals surface area contributed by atoms with Gasteiger partial charge in [0.2, 0.25) is 0 Å². The number of aryl methyl sites for hydroxylation is 2. The minimum Gasteiger partial charge on any atom is -0.324 e. The lowest BCUT2D eigenvalue weighted by atomic mass is 10.0. The zero-order chi connectivity index (χ0) is 15.6. The van der Waals surface area contributed by atoms with Crippen LogP contribution in [-0.2, 0) is 19.4 Å². The van der Waals surface area contributed by atoms with Crippen molar-refractivity contribution in [2.24, 2.45) is 5.73 Å². The average Bonchev–Trinajstić information content (AvgIpc) is 2.78. The molecule has 114 valence electrons. The second-order valence-corrected chi connectivity index (χ2v) is 5.65. The fraction of sp³-hybridized carbons (Fsp3) is 0.400. The molecule has 21 heavy (non-hydrogen) atoms. The smallest absolute Gasteiger partial charge is 0.142 e. The van der Waals surface area contributed by atoms with Crippen molar-refractivity contribution in [3.63, 3.8) is 0 Å². The van der Waals surface area contributed by atoms with Crippen molar-refractivity contribution in [1.29, 1.82) is 0 Å². The minimum atomic E-state index is -0.464. The van der Waals surface area contributed by atoms with Crippen LogP contribution in [0.25, 0.3) is 0 Å². The third kappa shape index (κ3) is 3.39. The van der Waals surface area contributed by atoms with E-state index in [-0.39, 0.29) is 11.1 Å². The Bertz CT molecular complexity index is 640. The van der Waals surface area contributed by atoms with Gasteiger partial charge in [-0.15, -0.1) is 0 Å². The maximum atomic E-state index is 13.5. The van der Waals surface area contributed by atoms with Gasteiger partial charge in [-0.2, -0.15) is 5.10 Å². The van der Waals surface area contributed by atoms with E-state index in [2.05, 4.69) is 5.10 Å². The first kappa shape index (κ1) is 16.3. The fourth-order valence-corrected chi connectivity index (χ4v) is 2.75. The third-order valence-corrected chi connectivity index (χ3v) is 4.22. The molecule has 0 saturated carbocycles. The second-order valence-electron chi connectivity index (χ2n) is 4.86. The van der Waals surface area contributed by atoms with Crippen LogP contribution >= 0.6 is 23.2 Å². The van der Waals surface area contributed by atoms with E-state index in [9.17, 15) is 4.39 Å². The van der Waals surface area contributed by atoms with E-state index in [0.29, 0.717) is 17.0 Å². The third-order valence-electron chi connectivity index (χ3n) is 3.48. The van der Waals surface area contributed by atoms with Crippen LogP contribution in [0.2, 0.25) is 10.0 Å². The number of nitrogens with two attached hydrogens (primary N) is 1. The van der Waals surface area contributed by atoms with Gasteiger partial charge in [0.1, 0.15) is 5.82 Å². The fourth-order valence-electron chi connectivity index (χ4n) is 2.28. The standard InChI is InChI=1S/C15H18Cl2FN3/c1-3-13-15(17)14(21(4-2)20-13)8-12(19)9-5-6-10(16)11(18)7-9/h5-7,12H,3-4,8,19H2,1-2H3. The molecule has 0 fully saturated rings. The van der Waals surface area contributed by atoms with Gasteiger partial charge in [-0.3, -0.25) is 4.68 Å². The molecule has 3 nitrogen and oxygen atoms in total. The van der Waals surface area contributed by atoms with Gasteiger partial charge in [0.05, 0.1) is 21.4 Å². The maximum absolute atomic E-state index is 13.5. The summed E-state index contributed by atoms with van der Waals surface area (Å²) in [6, 6.07) is 4.26. The maximum Gasteiger partial charge on any atom is 0.142 e. The zero-order valence-electron chi connectivity index (χ0n) is 12.0. The Balaban J connectivity index is 2.28. The normalized spacial score (nSPS) is 12.7. The first-order valence-corrected chi connectivity index (χ1v) is 7.68. The van der Waals surface area contributed by atoms with E-state index in [1.807, 2.05) is 18.5 Å². The van der Waals surface area contributed by atoms with Crippen molar-refractivity contribution in [3.05, 3.63) is 51.0 Å². The molecule has 1 aromatic heterocycles. The van der Waals surface area contributed by atoms with Gasteiger partial charge in [-0.05, 0) is 31.0 Å². The van der Waals surface area contributed by atoms with E-state index >= 15 is 0 Å². The molecule has 0 bridgehead atoms. The summed E-state index contributed by atoms with van der Waals surface area (Å²) in [5, 5.41) is 5.21. The molecule has 0 radical (unpaired) electrons. The summed E-state index contributed by atoms with van der Waals surface area (Å²) in [4.78, 5) is 0. The van der Waals surface area contributed by atoms with Crippen molar-refractivity contribution in [2.75, 3.05) is 0 Å². The molecule has 1 aromatic carbocycles. The highest BCUT2D eigenvalue weighted by Crippen LogP contribution is 2.27. The van der Waals surface area contributed by atoms with E-state index < -0.39 is 5.82 Å². The number of nitrogens with zero attached hydrogens (tertiary/aromatic N) is 2. The van der Waals surface area contributed by atoms with E-state index in [0.717, 1.165) is 24.4 Å². The number of aromatic nitrogens is 2. The molecule has 0 aliphatic rings. The van der Waals surface area contributed by atoms with Gasteiger partial charge in [-0.25, -0.2) is 4.39 Å². The molecule has 1 unspecified atom stereocenters. The van der Waals surface area contributed by atoms with Crippen molar-refractivity contribution in [3.8, 4) is 0 Å². The molecule has 0 amide bonds. The number of rotatable bonds is 5. The Kier molecular flexibility index (Phi) is 5.25. The van der Waals surface area contributed by atoms with E-state index in [4.69, 9.17) is 28.9 Å². The second kappa shape index (κ2) is 6.77. The molecule has 1 heterocycles. The predicted molar refractivity (Wildman–Crippen MR) is 84.3 cm³/mol. The zero-order valence-corrected chi connectivity index (χ0v) is 13.5.